The van der Waals surface area contributed by atoms with Crippen LogP contribution in [0.4, 0.5) is 0 Å². The Morgan fingerprint density at radius 1 is 1.29 bits per heavy atom. The molecule has 0 saturated carbocycles. The van der Waals surface area contributed by atoms with Crippen LogP contribution in [0.1, 0.15) is 16.1 Å². The van der Waals surface area contributed by atoms with Crippen molar-refractivity contribution in [2.45, 2.75) is 39.0 Å². The van der Waals surface area contributed by atoms with Gasteiger partial charge in [0.1, 0.15) is 18.0 Å². The summed E-state index contributed by atoms with van der Waals surface area (Å²) in [7, 11) is -1.11. The molecule has 0 radical (unpaired) electrons. The van der Waals surface area contributed by atoms with Gasteiger partial charge in [0.05, 0.1) is 12.8 Å². The first-order valence-corrected chi connectivity index (χ1v) is 13.7. The summed E-state index contributed by atoms with van der Waals surface area (Å²) in [5.41, 5.74) is 1.06. The van der Waals surface area contributed by atoms with Crippen LogP contribution in [0.3, 0.4) is 0 Å². The fourth-order valence-electron chi connectivity index (χ4n) is 3.01. The largest absolute Gasteiger partial charge is 0.418 e. The van der Waals surface area contributed by atoms with E-state index < -0.39 is 13.7 Å². The highest BCUT2D eigenvalue weighted by Gasteiger charge is 2.26. The van der Waals surface area contributed by atoms with Crippen molar-refractivity contribution in [3.05, 3.63) is 40.2 Å². The summed E-state index contributed by atoms with van der Waals surface area (Å²) in [6, 6.07) is 3.02. The minimum absolute atomic E-state index is 0.0527. The minimum Gasteiger partial charge on any atom is -0.418 e. The average Bonchev–Trinajstić information content (AvgIpc) is 3.26. The highest BCUT2D eigenvalue weighted by Crippen LogP contribution is 2.35. The zero-order valence-electron chi connectivity index (χ0n) is 16.1. The number of rotatable bonds is 6. The number of carbonyl (C=O) groups is 1. The molecule has 148 valence electrons. The molecular formula is C19H22N2O5SSi. The predicted octanol–water partition coefficient (Wildman–Crippen LogP) is 3.74. The van der Waals surface area contributed by atoms with Gasteiger partial charge in [0.25, 0.3) is 0 Å². The molecule has 9 heteroatoms. The number of hydrogen-bond acceptors (Lipinski definition) is 7. The summed E-state index contributed by atoms with van der Waals surface area (Å²) in [4.78, 5) is 25.2. The molecule has 0 unspecified atom stereocenters. The smallest absolute Gasteiger partial charge is 0.354 e. The Labute approximate surface area is 166 Å². The minimum atomic E-state index is -1.11. The van der Waals surface area contributed by atoms with Gasteiger partial charge in [-0.05, 0) is 12.1 Å². The lowest BCUT2D eigenvalue weighted by molar-refractivity contribution is 0.0618. The van der Waals surface area contributed by atoms with Gasteiger partial charge in [0, 0.05) is 42.3 Å². The van der Waals surface area contributed by atoms with E-state index in [-0.39, 0.29) is 24.8 Å². The van der Waals surface area contributed by atoms with Crippen molar-refractivity contribution in [2.24, 2.45) is 0 Å². The molecule has 28 heavy (non-hydrogen) atoms. The second kappa shape index (κ2) is 7.40. The monoisotopic (exact) mass is 418 g/mol. The van der Waals surface area contributed by atoms with E-state index in [4.69, 9.17) is 13.9 Å². The van der Waals surface area contributed by atoms with Crippen LogP contribution >= 0.6 is 11.3 Å². The number of aromatic nitrogens is 2. The molecule has 1 aliphatic rings. The van der Waals surface area contributed by atoms with Crippen molar-refractivity contribution in [1.82, 2.24) is 9.78 Å². The molecule has 0 aliphatic carbocycles. The van der Waals surface area contributed by atoms with Crippen molar-refractivity contribution in [3.8, 4) is 10.4 Å². The Morgan fingerprint density at radius 2 is 2.11 bits per heavy atom. The molecule has 1 aliphatic heterocycles. The second-order valence-electron chi connectivity index (χ2n) is 8.08. The van der Waals surface area contributed by atoms with Gasteiger partial charge < -0.3 is 13.9 Å². The number of Topliss-reactive ketones (excluding diaryl/α,β-unsaturated/α-hetero) is 1. The Morgan fingerprint density at radius 3 is 2.89 bits per heavy atom. The zero-order valence-corrected chi connectivity index (χ0v) is 17.9. The number of ketones is 1. The predicted molar refractivity (Wildman–Crippen MR) is 110 cm³/mol. The maximum absolute atomic E-state index is 12.3. The molecule has 0 saturated heterocycles. The van der Waals surface area contributed by atoms with Gasteiger partial charge in [0.2, 0.25) is 5.78 Å². The molecule has 0 spiro atoms. The third kappa shape index (κ3) is 3.88. The normalized spacial score (nSPS) is 14.6. The molecule has 0 bridgehead atoms. The SMILES string of the molecule is C[Si](C)(C)CCOCn1cc(-c2cc3c4c(oc(=O)c3s2)C(=O)COC4)cn1. The van der Waals surface area contributed by atoms with E-state index in [0.29, 0.717) is 17.0 Å². The summed E-state index contributed by atoms with van der Waals surface area (Å²) in [6.45, 7) is 8.29. The molecule has 0 aromatic carbocycles. The van der Waals surface area contributed by atoms with Gasteiger partial charge in [-0.3, -0.25) is 4.79 Å². The first-order valence-electron chi connectivity index (χ1n) is 9.13. The zero-order chi connectivity index (χ0) is 19.9. The molecule has 4 rings (SSSR count). The fraction of sp³-hybridized carbons (Fsp3) is 0.421. The lowest BCUT2D eigenvalue weighted by Crippen LogP contribution is -2.22. The molecular weight excluding hydrogens is 396 g/mol. The van der Waals surface area contributed by atoms with E-state index in [1.165, 1.54) is 11.3 Å². The van der Waals surface area contributed by atoms with Crippen LogP contribution in [0.25, 0.3) is 20.5 Å². The van der Waals surface area contributed by atoms with Crippen LogP contribution in [0, 0.1) is 0 Å². The molecule has 0 atom stereocenters. The van der Waals surface area contributed by atoms with Crippen LogP contribution in [-0.4, -0.2) is 36.9 Å². The molecule has 3 aromatic heterocycles. The van der Waals surface area contributed by atoms with Crippen LogP contribution in [0.2, 0.25) is 25.7 Å². The van der Waals surface area contributed by atoms with Crippen molar-refractivity contribution < 1.29 is 18.7 Å². The van der Waals surface area contributed by atoms with Crippen molar-refractivity contribution in [3.63, 3.8) is 0 Å². The highest BCUT2D eigenvalue weighted by molar-refractivity contribution is 7.22. The van der Waals surface area contributed by atoms with E-state index in [9.17, 15) is 9.59 Å². The fourth-order valence-corrected chi connectivity index (χ4v) is 4.80. The van der Waals surface area contributed by atoms with E-state index >= 15 is 0 Å². The van der Waals surface area contributed by atoms with Crippen LogP contribution in [-0.2, 0) is 22.8 Å². The first kappa shape index (κ1) is 19.3. The first-order chi connectivity index (χ1) is 13.3. The van der Waals surface area contributed by atoms with E-state index in [0.717, 1.165) is 28.5 Å². The molecule has 4 heterocycles. The number of hydrogen-bond donors (Lipinski definition) is 0. The summed E-state index contributed by atoms with van der Waals surface area (Å²) in [6.07, 6.45) is 3.65. The molecule has 7 nitrogen and oxygen atoms in total. The van der Waals surface area contributed by atoms with Gasteiger partial charge in [0.15, 0.2) is 5.76 Å². The van der Waals surface area contributed by atoms with Gasteiger partial charge >= 0.3 is 5.63 Å². The van der Waals surface area contributed by atoms with Crippen molar-refractivity contribution in [2.75, 3.05) is 13.2 Å². The van der Waals surface area contributed by atoms with Gasteiger partial charge in [-0.2, -0.15) is 5.10 Å². The third-order valence-electron chi connectivity index (χ3n) is 4.58. The molecule has 0 amide bonds. The molecule has 3 aromatic rings. The van der Waals surface area contributed by atoms with E-state index in [1.54, 1.807) is 10.9 Å². The van der Waals surface area contributed by atoms with Crippen molar-refractivity contribution >= 4 is 35.3 Å². The lowest BCUT2D eigenvalue weighted by atomic mass is 10.1. The van der Waals surface area contributed by atoms with Crippen LogP contribution < -0.4 is 5.63 Å². The van der Waals surface area contributed by atoms with Gasteiger partial charge in [-0.25, -0.2) is 9.48 Å². The van der Waals surface area contributed by atoms with Crippen LogP contribution in [0.5, 0.6) is 0 Å². The quantitative estimate of drug-likeness (QED) is 0.448. The maximum Gasteiger partial charge on any atom is 0.354 e. The Bertz CT molecular complexity index is 1090. The number of carbonyl (C=O) groups excluding carboxylic acids is 1. The number of ether oxygens (including phenoxy) is 2. The second-order valence-corrected chi connectivity index (χ2v) is 14.8. The Hall–Kier alpha value is -2.07. The summed E-state index contributed by atoms with van der Waals surface area (Å²) in [5.74, 6) is -0.170. The average molecular weight is 419 g/mol. The molecule has 0 N–H and O–H groups in total. The van der Waals surface area contributed by atoms with Crippen LogP contribution in [0.15, 0.2) is 27.7 Å². The maximum atomic E-state index is 12.3. The topological polar surface area (TPSA) is 83.6 Å². The lowest BCUT2D eigenvalue weighted by Gasteiger charge is -2.15. The van der Waals surface area contributed by atoms with E-state index in [2.05, 4.69) is 24.7 Å². The van der Waals surface area contributed by atoms with Gasteiger partial charge in [-0.15, -0.1) is 11.3 Å². The summed E-state index contributed by atoms with van der Waals surface area (Å²) >= 11 is 1.33. The summed E-state index contributed by atoms with van der Waals surface area (Å²) in [5, 5.41) is 5.07. The third-order valence-corrected chi connectivity index (χ3v) is 7.45. The van der Waals surface area contributed by atoms with E-state index in [1.807, 2.05) is 12.3 Å². The molecule has 0 fully saturated rings. The van der Waals surface area contributed by atoms with Gasteiger partial charge in [-0.1, -0.05) is 19.6 Å². The Kier molecular flexibility index (Phi) is 5.09. The summed E-state index contributed by atoms with van der Waals surface area (Å²) < 4.78 is 18.5. The van der Waals surface area contributed by atoms with Crippen molar-refractivity contribution in [1.29, 1.82) is 0 Å². The Balaban J connectivity index is 1.57. The standard InChI is InChI=1S/C19H22N2O5SSi/c1-28(2,3)5-4-24-11-21-8-12(7-20-21)16-6-13-14-9-25-10-15(22)17(14)26-19(23)18(13)27-16/h6-8H,4-5,9-11H2,1-3H3. The highest BCUT2D eigenvalue weighted by atomic mass is 32.1. The number of fused-ring (bicyclic) bond motifs is 3. The number of thiophene rings is 1. The number of nitrogens with zero attached hydrogens (tertiary/aromatic N) is 2.